The van der Waals surface area contributed by atoms with Gasteiger partial charge in [-0.05, 0) is 63.1 Å². The molecule has 3 heterocycles. The van der Waals surface area contributed by atoms with E-state index in [1.54, 1.807) is 0 Å². The molecule has 1 amide bonds. The highest BCUT2D eigenvalue weighted by atomic mass is 16.2. The highest BCUT2D eigenvalue weighted by molar-refractivity contribution is 5.84. The molecule has 1 spiro atoms. The average molecular weight is 340 g/mol. The van der Waals surface area contributed by atoms with Gasteiger partial charge < -0.3 is 9.47 Å². The van der Waals surface area contributed by atoms with Gasteiger partial charge in [-0.15, -0.1) is 0 Å². The standard InChI is InChI=1S/C20H28N4O/c1-2-23-14-17(10-18(23)11-21)12-22-9-7-20(15-22)6-3-8-24(19(20)25)13-16-4-5-16/h10,14,16H,2-9,12-13,15H2,1H3. The maximum absolute atomic E-state index is 13.1. The van der Waals surface area contributed by atoms with E-state index in [1.165, 1.54) is 18.4 Å². The number of nitrogens with zero attached hydrogens (tertiary/aromatic N) is 4. The SMILES string of the molecule is CCn1cc(CN2CCC3(CCCN(CC4CC4)C3=O)C2)cc1C#N. The topological polar surface area (TPSA) is 52.3 Å². The van der Waals surface area contributed by atoms with Crippen LogP contribution in [0.2, 0.25) is 0 Å². The molecule has 0 bridgehead atoms. The van der Waals surface area contributed by atoms with Crippen molar-refractivity contribution in [2.75, 3.05) is 26.2 Å². The molecule has 5 heteroatoms. The molecule has 1 aliphatic carbocycles. The summed E-state index contributed by atoms with van der Waals surface area (Å²) in [6.45, 7) is 7.55. The van der Waals surface area contributed by atoms with Gasteiger partial charge in [-0.1, -0.05) is 0 Å². The van der Waals surface area contributed by atoms with Gasteiger partial charge in [0.15, 0.2) is 0 Å². The third-order valence-electron chi connectivity index (χ3n) is 6.25. The first-order valence-electron chi connectivity index (χ1n) is 9.74. The molecule has 1 aromatic heterocycles. The monoisotopic (exact) mass is 340 g/mol. The molecule has 4 rings (SSSR count). The Labute approximate surface area is 150 Å². The van der Waals surface area contributed by atoms with E-state index in [0.29, 0.717) is 5.91 Å². The number of amides is 1. The maximum Gasteiger partial charge on any atom is 0.230 e. The van der Waals surface area contributed by atoms with Crippen molar-refractivity contribution in [2.24, 2.45) is 11.3 Å². The Morgan fingerprint density at radius 1 is 1.32 bits per heavy atom. The van der Waals surface area contributed by atoms with Crippen LogP contribution < -0.4 is 0 Å². The third kappa shape index (κ3) is 3.20. The Morgan fingerprint density at radius 2 is 2.16 bits per heavy atom. The zero-order valence-corrected chi connectivity index (χ0v) is 15.2. The quantitative estimate of drug-likeness (QED) is 0.828. The number of likely N-dealkylation sites (tertiary alicyclic amines) is 2. The molecule has 1 aromatic rings. The minimum absolute atomic E-state index is 0.140. The molecule has 3 fully saturated rings. The summed E-state index contributed by atoms with van der Waals surface area (Å²) in [5.74, 6) is 1.19. The molecule has 134 valence electrons. The number of rotatable bonds is 5. The summed E-state index contributed by atoms with van der Waals surface area (Å²) in [6, 6.07) is 4.27. The smallest absolute Gasteiger partial charge is 0.230 e. The molecule has 0 N–H and O–H groups in total. The van der Waals surface area contributed by atoms with E-state index < -0.39 is 0 Å². The molecular weight excluding hydrogens is 312 g/mol. The molecule has 3 aliphatic rings. The summed E-state index contributed by atoms with van der Waals surface area (Å²) in [4.78, 5) is 17.7. The lowest BCUT2D eigenvalue weighted by Gasteiger charge is -2.39. The van der Waals surface area contributed by atoms with Crippen molar-refractivity contribution in [3.05, 3.63) is 23.5 Å². The van der Waals surface area contributed by atoms with Crippen LogP contribution in [0.15, 0.2) is 12.3 Å². The van der Waals surface area contributed by atoms with Gasteiger partial charge in [0.05, 0.1) is 5.41 Å². The number of carbonyl (C=O) groups is 1. The van der Waals surface area contributed by atoms with Gasteiger partial charge in [0, 0.05) is 38.9 Å². The number of aryl methyl sites for hydroxylation is 1. The van der Waals surface area contributed by atoms with Crippen molar-refractivity contribution in [1.82, 2.24) is 14.4 Å². The van der Waals surface area contributed by atoms with Crippen LogP contribution in [0.3, 0.4) is 0 Å². The van der Waals surface area contributed by atoms with Crippen LogP contribution in [0.4, 0.5) is 0 Å². The molecular formula is C20H28N4O. The molecule has 2 aliphatic heterocycles. The van der Waals surface area contributed by atoms with Crippen molar-refractivity contribution < 1.29 is 4.79 Å². The van der Waals surface area contributed by atoms with E-state index in [1.807, 2.05) is 10.6 Å². The Morgan fingerprint density at radius 3 is 2.84 bits per heavy atom. The van der Waals surface area contributed by atoms with Crippen LogP contribution in [-0.2, 0) is 17.9 Å². The molecule has 1 atom stereocenters. The van der Waals surface area contributed by atoms with Gasteiger partial charge in [0.25, 0.3) is 0 Å². The van der Waals surface area contributed by atoms with Gasteiger partial charge in [0.2, 0.25) is 5.91 Å². The van der Waals surface area contributed by atoms with Gasteiger partial charge >= 0.3 is 0 Å². The second kappa shape index (κ2) is 6.49. The summed E-state index contributed by atoms with van der Waals surface area (Å²) in [7, 11) is 0. The predicted octanol–water partition coefficient (Wildman–Crippen LogP) is 2.60. The third-order valence-corrected chi connectivity index (χ3v) is 6.25. The molecule has 25 heavy (non-hydrogen) atoms. The van der Waals surface area contributed by atoms with E-state index in [4.69, 9.17) is 0 Å². The van der Waals surface area contributed by atoms with Crippen molar-refractivity contribution in [3.8, 4) is 6.07 Å². The molecule has 2 saturated heterocycles. The number of hydrogen-bond donors (Lipinski definition) is 0. The van der Waals surface area contributed by atoms with Gasteiger partial charge in [0.1, 0.15) is 11.8 Å². The Bertz CT molecular complexity index is 699. The van der Waals surface area contributed by atoms with E-state index in [9.17, 15) is 10.1 Å². The minimum atomic E-state index is -0.140. The number of hydrogen-bond acceptors (Lipinski definition) is 3. The number of aromatic nitrogens is 1. The number of nitriles is 1. The zero-order valence-electron chi connectivity index (χ0n) is 15.2. The lowest BCUT2D eigenvalue weighted by Crippen LogP contribution is -2.50. The van der Waals surface area contributed by atoms with Crippen LogP contribution in [0, 0.1) is 22.7 Å². The number of piperidine rings is 1. The Hall–Kier alpha value is -1.80. The molecule has 1 saturated carbocycles. The lowest BCUT2D eigenvalue weighted by atomic mass is 9.78. The second-order valence-corrected chi connectivity index (χ2v) is 8.17. The summed E-state index contributed by atoms with van der Waals surface area (Å²) < 4.78 is 2.00. The fourth-order valence-corrected chi connectivity index (χ4v) is 4.68. The second-order valence-electron chi connectivity index (χ2n) is 8.17. The maximum atomic E-state index is 13.1. The first-order valence-corrected chi connectivity index (χ1v) is 9.74. The summed E-state index contributed by atoms with van der Waals surface area (Å²) in [6.07, 6.45) is 7.88. The van der Waals surface area contributed by atoms with Crippen LogP contribution >= 0.6 is 0 Å². The van der Waals surface area contributed by atoms with Crippen molar-refractivity contribution in [3.63, 3.8) is 0 Å². The van der Waals surface area contributed by atoms with Gasteiger partial charge in [-0.3, -0.25) is 9.69 Å². The summed E-state index contributed by atoms with van der Waals surface area (Å²) >= 11 is 0. The van der Waals surface area contributed by atoms with Crippen LogP contribution in [0.5, 0.6) is 0 Å². The molecule has 5 nitrogen and oxygen atoms in total. The molecule has 0 aromatic carbocycles. The first-order chi connectivity index (χ1) is 12.1. The zero-order chi connectivity index (χ0) is 17.4. The predicted molar refractivity (Wildman–Crippen MR) is 95.7 cm³/mol. The van der Waals surface area contributed by atoms with Crippen molar-refractivity contribution in [1.29, 1.82) is 5.26 Å². The summed E-state index contributed by atoms with van der Waals surface area (Å²) in [5.41, 5.74) is 1.78. The highest BCUT2D eigenvalue weighted by Crippen LogP contribution is 2.42. The largest absolute Gasteiger partial charge is 0.342 e. The molecule has 1 unspecified atom stereocenters. The lowest BCUT2D eigenvalue weighted by molar-refractivity contribution is -0.145. The van der Waals surface area contributed by atoms with Crippen LogP contribution in [0.25, 0.3) is 0 Å². The summed E-state index contributed by atoms with van der Waals surface area (Å²) in [5, 5.41) is 9.23. The fraction of sp³-hybridized carbons (Fsp3) is 0.700. The van der Waals surface area contributed by atoms with Crippen molar-refractivity contribution >= 4 is 5.91 Å². The molecule has 0 radical (unpaired) electrons. The number of carbonyl (C=O) groups excluding carboxylic acids is 1. The van der Waals surface area contributed by atoms with Crippen LogP contribution in [-0.4, -0.2) is 46.5 Å². The van der Waals surface area contributed by atoms with Gasteiger partial charge in [-0.25, -0.2) is 0 Å². The highest BCUT2D eigenvalue weighted by Gasteiger charge is 2.48. The van der Waals surface area contributed by atoms with Crippen molar-refractivity contribution in [2.45, 2.75) is 52.1 Å². The van der Waals surface area contributed by atoms with E-state index >= 15 is 0 Å². The van der Waals surface area contributed by atoms with Crippen LogP contribution in [0.1, 0.15) is 50.3 Å². The van der Waals surface area contributed by atoms with E-state index in [-0.39, 0.29) is 5.41 Å². The normalized spacial score (nSPS) is 27.2. The van der Waals surface area contributed by atoms with E-state index in [0.717, 1.165) is 70.1 Å². The first kappa shape index (κ1) is 16.7. The Balaban J connectivity index is 1.42. The van der Waals surface area contributed by atoms with E-state index in [2.05, 4.69) is 29.0 Å². The average Bonchev–Trinajstić information content (AvgIpc) is 3.20. The fourth-order valence-electron chi connectivity index (χ4n) is 4.68. The van der Waals surface area contributed by atoms with Gasteiger partial charge in [-0.2, -0.15) is 5.26 Å². The minimum Gasteiger partial charge on any atom is -0.342 e. The Kier molecular flexibility index (Phi) is 4.33.